The first-order valence-electron chi connectivity index (χ1n) is 14.0. The van der Waals surface area contributed by atoms with Crippen LogP contribution >= 0.6 is 24.8 Å². The topological polar surface area (TPSA) is 78.5 Å². The van der Waals surface area contributed by atoms with Crippen molar-refractivity contribution in [2.24, 2.45) is 11.8 Å². The molecule has 2 aliphatic heterocycles. The molecule has 2 aromatic carbocycles. The van der Waals surface area contributed by atoms with Crippen molar-refractivity contribution in [2.75, 3.05) is 39.0 Å². The predicted octanol–water partition coefficient (Wildman–Crippen LogP) is 5.01. The van der Waals surface area contributed by atoms with Gasteiger partial charge in [-0.3, -0.25) is 4.79 Å². The fourth-order valence-electron chi connectivity index (χ4n) is 6.39. The van der Waals surface area contributed by atoms with Crippen LogP contribution in [0, 0.1) is 17.7 Å². The molecule has 2 N–H and O–H groups in total. The number of sulfone groups is 1. The van der Waals surface area contributed by atoms with Gasteiger partial charge in [0.05, 0.1) is 11.3 Å². The summed E-state index contributed by atoms with van der Waals surface area (Å²) in [7, 11) is -3.26. The molecule has 3 atom stereocenters. The maximum atomic E-state index is 14.2. The zero-order valence-corrected chi connectivity index (χ0v) is 25.9. The average molecular weight is 617 g/mol. The highest BCUT2D eigenvalue weighted by Crippen LogP contribution is 2.37. The zero-order chi connectivity index (χ0) is 27.1. The zero-order valence-electron chi connectivity index (χ0n) is 23.5. The van der Waals surface area contributed by atoms with Gasteiger partial charge in [-0.15, -0.1) is 24.8 Å². The van der Waals surface area contributed by atoms with E-state index in [1.807, 2.05) is 17.9 Å². The Labute approximate surface area is 251 Å². The molecule has 4 rings (SSSR count). The van der Waals surface area contributed by atoms with Crippen molar-refractivity contribution in [3.8, 4) is 0 Å². The highest BCUT2D eigenvalue weighted by molar-refractivity contribution is 7.90. The number of amides is 1. The van der Waals surface area contributed by atoms with Gasteiger partial charge in [0.1, 0.15) is 5.82 Å². The van der Waals surface area contributed by atoms with Gasteiger partial charge in [0, 0.05) is 18.8 Å². The molecule has 0 bridgehead atoms. The van der Waals surface area contributed by atoms with Crippen molar-refractivity contribution in [2.45, 2.75) is 62.3 Å². The molecule has 2 aliphatic rings. The summed E-state index contributed by atoms with van der Waals surface area (Å²) in [4.78, 5) is 15.7. The second-order valence-electron chi connectivity index (χ2n) is 10.9. The third-order valence-corrected chi connectivity index (χ3v) is 9.54. The summed E-state index contributed by atoms with van der Waals surface area (Å²) in [6, 6.07) is 13.9. The Balaban J connectivity index is 0.00000280. The lowest BCUT2D eigenvalue weighted by atomic mass is 9.75. The van der Waals surface area contributed by atoms with Crippen LogP contribution in [0.3, 0.4) is 0 Å². The molecule has 1 amide bonds. The van der Waals surface area contributed by atoms with E-state index in [2.05, 4.69) is 16.7 Å². The van der Waals surface area contributed by atoms with Crippen molar-refractivity contribution < 1.29 is 17.6 Å². The number of carbonyl (C=O) groups excluding carboxylic acids is 1. The second-order valence-corrected chi connectivity index (χ2v) is 12.9. The molecule has 2 heterocycles. The van der Waals surface area contributed by atoms with E-state index in [-0.39, 0.29) is 53.9 Å². The number of hydrogen-bond donors (Lipinski definition) is 2. The predicted molar refractivity (Wildman–Crippen MR) is 164 cm³/mol. The van der Waals surface area contributed by atoms with E-state index in [9.17, 15) is 17.6 Å². The van der Waals surface area contributed by atoms with Crippen LogP contribution in [-0.4, -0.2) is 64.2 Å². The highest BCUT2D eigenvalue weighted by Gasteiger charge is 2.34. The van der Waals surface area contributed by atoms with Gasteiger partial charge in [0.2, 0.25) is 5.91 Å². The molecule has 10 heteroatoms. The lowest BCUT2D eigenvalue weighted by Gasteiger charge is -2.41. The molecule has 0 aliphatic carbocycles. The maximum Gasteiger partial charge on any atom is 0.227 e. The summed E-state index contributed by atoms with van der Waals surface area (Å²) >= 11 is 0. The van der Waals surface area contributed by atoms with Crippen LogP contribution in [0.5, 0.6) is 0 Å². The Morgan fingerprint density at radius 3 is 2.33 bits per heavy atom. The molecule has 224 valence electrons. The summed E-state index contributed by atoms with van der Waals surface area (Å²) in [6.07, 6.45) is 6.53. The smallest absolute Gasteiger partial charge is 0.227 e. The first kappa shape index (κ1) is 34.5. The number of nitrogens with zero attached hydrogens (tertiary/aromatic N) is 1. The van der Waals surface area contributed by atoms with Gasteiger partial charge in [-0.25, -0.2) is 12.8 Å². The van der Waals surface area contributed by atoms with Crippen LogP contribution in [0.15, 0.2) is 53.4 Å². The van der Waals surface area contributed by atoms with Gasteiger partial charge < -0.3 is 15.5 Å². The van der Waals surface area contributed by atoms with E-state index in [1.165, 1.54) is 12.3 Å². The fraction of sp³-hybridized carbons (Fsp3) is 0.567. The summed E-state index contributed by atoms with van der Waals surface area (Å²) in [6.45, 7) is 6.45. The summed E-state index contributed by atoms with van der Waals surface area (Å²) in [5.41, 5.74) is 1.92. The van der Waals surface area contributed by atoms with Crippen molar-refractivity contribution in [3.05, 3.63) is 65.5 Å². The summed E-state index contributed by atoms with van der Waals surface area (Å²) in [5.74, 6) is 1.09. The van der Waals surface area contributed by atoms with Gasteiger partial charge >= 0.3 is 0 Å². The van der Waals surface area contributed by atoms with Gasteiger partial charge in [-0.05, 0) is 118 Å². The molecule has 2 fully saturated rings. The van der Waals surface area contributed by atoms with Crippen LogP contribution in [0.2, 0.25) is 0 Å². The lowest BCUT2D eigenvalue weighted by Crippen LogP contribution is -2.52. The van der Waals surface area contributed by atoms with Gasteiger partial charge in [-0.2, -0.15) is 0 Å². The number of benzene rings is 2. The van der Waals surface area contributed by atoms with Crippen molar-refractivity contribution in [1.82, 2.24) is 15.5 Å². The van der Waals surface area contributed by atoms with Crippen molar-refractivity contribution in [3.63, 3.8) is 0 Å². The number of rotatable bonds is 10. The Morgan fingerprint density at radius 2 is 1.70 bits per heavy atom. The first-order chi connectivity index (χ1) is 18.3. The SMILES string of the molecule is CCN(C(=O)Cc1ccc(S(C)(=O)=O)cc1)C1CCNCC1CCC(c1cccc(F)c1)C1CCNCC1.Cl.Cl. The minimum Gasteiger partial charge on any atom is -0.339 e. The average Bonchev–Trinajstić information content (AvgIpc) is 2.90. The third kappa shape index (κ3) is 9.15. The van der Waals surface area contributed by atoms with Crippen molar-refractivity contribution >= 4 is 40.6 Å². The van der Waals surface area contributed by atoms with Crippen molar-refractivity contribution in [1.29, 1.82) is 0 Å². The third-order valence-electron chi connectivity index (χ3n) is 8.41. The largest absolute Gasteiger partial charge is 0.339 e. The van der Waals surface area contributed by atoms with Crippen LogP contribution in [0.1, 0.15) is 56.1 Å². The lowest BCUT2D eigenvalue weighted by molar-refractivity contribution is -0.134. The molecule has 0 spiro atoms. The highest BCUT2D eigenvalue weighted by atomic mass is 35.5. The second kappa shape index (κ2) is 16.1. The molecule has 0 saturated carbocycles. The van der Waals surface area contributed by atoms with Gasteiger partial charge in [0.15, 0.2) is 9.84 Å². The number of carbonyl (C=O) groups is 1. The minimum absolute atomic E-state index is 0. The molecular weight excluding hydrogens is 572 g/mol. The van der Waals surface area contributed by atoms with E-state index in [4.69, 9.17) is 0 Å². The molecule has 0 aromatic heterocycles. The molecule has 0 radical (unpaired) electrons. The van der Waals surface area contributed by atoms with Crippen LogP contribution < -0.4 is 10.6 Å². The fourth-order valence-corrected chi connectivity index (χ4v) is 7.02. The minimum atomic E-state index is -3.26. The molecule has 2 aromatic rings. The van der Waals surface area contributed by atoms with Crippen LogP contribution in [-0.2, 0) is 21.1 Å². The Morgan fingerprint density at radius 1 is 1.02 bits per heavy atom. The van der Waals surface area contributed by atoms with E-state index in [0.717, 1.165) is 69.4 Å². The summed E-state index contributed by atoms with van der Waals surface area (Å²) in [5, 5.41) is 6.99. The summed E-state index contributed by atoms with van der Waals surface area (Å²) < 4.78 is 37.7. The molecule has 40 heavy (non-hydrogen) atoms. The maximum absolute atomic E-state index is 14.2. The quantitative estimate of drug-likeness (QED) is 0.393. The molecule has 2 saturated heterocycles. The number of hydrogen-bond acceptors (Lipinski definition) is 5. The van der Waals surface area contributed by atoms with Gasteiger partial charge in [0.25, 0.3) is 0 Å². The Kier molecular flexibility index (Phi) is 13.9. The normalized spacial score (nSPS) is 20.6. The molecular formula is C30H44Cl2FN3O3S. The number of halogens is 3. The van der Waals surface area contributed by atoms with E-state index in [0.29, 0.717) is 24.3 Å². The van der Waals surface area contributed by atoms with E-state index < -0.39 is 9.84 Å². The van der Waals surface area contributed by atoms with Gasteiger partial charge in [-0.1, -0.05) is 24.3 Å². The van der Waals surface area contributed by atoms with Crippen LogP contribution in [0.4, 0.5) is 4.39 Å². The molecule has 6 nitrogen and oxygen atoms in total. The number of piperidine rings is 2. The standard InChI is InChI=1S/C30H42FN3O3S.2ClH/c1-3-34(30(35)19-22-7-10-27(11-8-22)38(2,36)37)29-15-18-33-21-25(29)9-12-28(23-13-16-32-17-14-23)24-5-4-6-26(31)20-24;;/h4-8,10-11,20,23,25,28-29,32-33H,3,9,12-19,21H2,1-2H3;2*1H. The van der Waals surface area contributed by atoms with Crippen LogP contribution in [0.25, 0.3) is 0 Å². The monoisotopic (exact) mass is 615 g/mol. The Bertz CT molecular complexity index is 1180. The number of nitrogens with one attached hydrogen (secondary N) is 2. The first-order valence-corrected chi connectivity index (χ1v) is 15.9. The van der Waals surface area contributed by atoms with E-state index >= 15 is 0 Å². The number of likely N-dealkylation sites (N-methyl/N-ethyl adjacent to an activating group) is 1. The van der Waals surface area contributed by atoms with E-state index in [1.54, 1.807) is 30.3 Å². The Hall–Kier alpha value is -1.71. The molecule has 3 unspecified atom stereocenters.